The first-order chi connectivity index (χ1) is 9.61. The SMILES string of the molecule is O=C(NCc1cccc(CO)c1)c1cccc(O)c1O. The Kier molecular flexibility index (Phi) is 4.22. The van der Waals surface area contributed by atoms with E-state index >= 15 is 0 Å². The summed E-state index contributed by atoms with van der Waals surface area (Å²) in [4.78, 5) is 11.9. The number of phenolic OH excluding ortho intramolecular Hbond substituents is 2. The number of para-hydroxylation sites is 1. The molecule has 0 radical (unpaired) electrons. The maximum absolute atomic E-state index is 11.9. The normalized spacial score (nSPS) is 10.2. The van der Waals surface area contributed by atoms with Crippen LogP contribution in [0.4, 0.5) is 0 Å². The molecule has 2 aromatic rings. The molecule has 0 unspecified atom stereocenters. The van der Waals surface area contributed by atoms with E-state index in [1.165, 1.54) is 18.2 Å². The average molecular weight is 273 g/mol. The molecule has 20 heavy (non-hydrogen) atoms. The van der Waals surface area contributed by atoms with Crippen molar-refractivity contribution in [3.8, 4) is 11.5 Å². The minimum atomic E-state index is -0.479. The molecule has 0 heterocycles. The number of aliphatic hydroxyl groups is 1. The fourth-order valence-corrected chi connectivity index (χ4v) is 1.83. The summed E-state index contributed by atoms with van der Waals surface area (Å²) in [6.45, 7) is 0.205. The molecule has 0 aliphatic rings. The Morgan fingerprint density at radius 2 is 1.75 bits per heavy atom. The largest absolute Gasteiger partial charge is 0.504 e. The summed E-state index contributed by atoms with van der Waals surface area (Å²) in [6, 6.07) is 11.4. The number of aromatic hydroxyl groups is 2. The second-order valence-corrected chi connectivity index (χ2v) is 4.33. The summed E-state index contributed by atoms with van der Waals surface area (Å²) in [7, 11) is 0. The summed E-state index contributed by atoms with van der Waals surface area (Å²) < 4.78 is 0. The van der Waals surface area contributed by atoms with Crippen molar-refractivity contribution in [1.82, 2.24) is 5.32 Å². The molecule has 1 amide bonds. The fourth-order valence-electron chi connectivity index (χ4n) is 1.83. The van der Waals surface area contributed by atoms with Gasteiger partial charge in [-0.1, -0.05) is 30.3 Å². The smallest absolute Gasteiger partial charge is 0.255 e. The number of hydrogen-bond donors (Lipinski definition) is 4. The van der Waals surface area contributed by atoms with Gasteiger partial charge in [0.15, 0.2) is 11.5 Å². The monoisotopic (exact) mass is 273 g/mol. The highest BCUT2D eigenvalue weighted by Gasteiger charge is 2.13. The van der Waals surface area contributed by atoms with Gasteiger partial charge in [0.05, 0.1) is 12.2 Å². The van der Waals surface area contributed by atoms with E-state index in [0.717, 1.165) is 11.1 Å². The second kappa shape index (κ2) is 6.08. The molecule has 0 saturated heterocycles. The molecule has 0 fully saturated rings. The van der Waals surface area contributed by atoms with Crippen LogP contribution in [0.2, 0.25) is 0 Å². The van der Waals surface area contributed by atoms with E-state index in [9.17, 15) is 15.0 Å². The summed E-state index contributed by atoms with van der Waals surface area (Å²) in [6.07, 6.45) is 0. The minimum absolute atomic E-state index is 0.0170. The molecule has 2 aromatic carbocycles. The van der Waals surface area contributed by atoms with Crippen LogP contribution in [0.5, 0.6) is 11.5 Å². The van der Waals surface area contributed by atoms with Gasteiger partial charge in [0.2, 0.25) is 0 Å². The zero-order valence-electron chi connectivity index (χ0n) is 10.7. The number of phenols is 2. The van der Waals surface area contributed by atoms with Gasteiger partial charge in [0.1, 0.15) is 0 Å². The Bertz CT molecular complexity index is 625. The van der Waals surface area contributed by atoms with Crippen LogP contribution >= 0.6 is 0 Å². The first-order valence-corrected chi connectivity index (χ1v) is 6.09. The number of rotatable bonds is 4. The lowest BCUT2D eigenvalue weighted by Gasteiger charge is -2.08. The Morgan fingerprint density at radius 3 is 2.50 bits per heavy atom. The Balaban J connectivity index is 2.06. The number of benzene rings is 2. The van der Waals surface area contributed by atoms with Crippen LogP contribution in [0.3, 0.4) is 0 Å². The van der Waals surface area contributed by atoms with E-state index in [1.54, 1.807) is 18.2 Å². The summed E-state index contributed by atoms with van der Waals surface area (Å²) in [5, 5.41) is 30.6. The summed E-state index contributed by atoms with van der Waals surface area (Å²) in [5.74, 6) is -1.25. The minimum Gasteiger partial charge on any atom is -0.504 e. The van der Waals surface area contributed by atoms with Crippen molar-refractivity contribution < 1.29 is 20.1 Å². The predicted molar refractivity (Wildman–Crippen MR) is 73.3 cm³/mol. The van der Waals surface area contributed by atoms with Crippen molar-refractivity contribution in [3.05, 3.63) is 59.2 Å². The number of carbonyl (C=O) groups is 1. The van der Waals surface area contributed by atoms with Crippen LogP contribution in [-0.4, -0.2) is 21.2 Å². The van der Waals surface area contributed by atoms with Crippen molar-refractivity contribution in [2.75, 3.05) is 0 Å². The van der Waals surface area contributed by atoms with Crippen molar-refractivity contribution >= 4 is 5.91 Å². The molecule has 104 valence electrons. The van der Waals surface area contributed by atoms with Crippen molar-refractivity contribution in [2.24, 2.45) is 0 Å². The van der Waals surface area contributed by atoms with Crippen molar-refractivity contribution in [3.63, 3.8) is 0 Å². The zero-order chi connectivity index (χ0) is 14.5. The molecule has 0 aliphatic carbocycles. The summed E-state index contributed by atoms with van der Waals surface area (Å²) >= 11 is 0. The molecule has 0 bridgehead atoms. The van der Waals surface area contributed by atoms with E-state index in [0.29, 0.717) is 0 Å². The topological polar surface area (TPSA) is 89.8 Å². The molecular weight excluding hydrogens is 258 g/mol. The number of hydrogen-bond acceptors (Lipinski definition) is 4. The highest BCUT2D eigenvalue weighted by Crippen LogP contribution is 2.27. The lowest BCUT2D eigenvalue weighted by atomic mass is 10.1. The molecule has 0 aromatic heterocycles. The third-order valence-corrected chi connectivity index (χ3v) is 2.89. The van der Waals surface area contributed by atoms with E-state index in [-0.39, 0.29) is 24.5 Å². The van der Waals surface area contributed by atoms with Crippen LogP contribution in [0, 0.1) is 0 Å². The maximum Gasteiger partial charge on any atom is 0.255 e. The lowest BCUT2D eigenvalue weighted by Crippen LogP contribution is -2.22. The van der Waals surface area contributed by atoms with Gasteiger partial charge in [-0.25, -0.2) is 0 Å². The lowest BCUT2D eigenvalue weighted by molar-refractivity contribution is 0.0947. The van der Waals surface area contributed by atoms with Gasteiger partial charge in [-0.15, -0.1) is 0 Å². The van der Waals surface area contributed by atoms with E-state index < -0.39 is 11.7 Å². The van der Waals surface area contributed by atoms with Gasteiger partial charge in [-0.3, -0.25) is 4.79 Å². The molecule has 5 heteroatoms. The quantitative estimate of drug-likeness (QED) is 0.636. The number of aliphatic hydroxyl groups excluding tert-OH is 1. The van der Waals surface area contributed by atoms with Crippen LogP contribution in [0.1, 0.15) is 21.5 Å². The Hall–Kier alpha value is -2.53. The summed E-state index contributed by atoms with van der Waals surface area (Å²) in [5.41, 5.74) is 1.62. The van der Waals surface area contributed by atoms with Gasteiger partial charge < -0.3 is 20.6 Å². The van der Waals surface area contributed by atoms with Gasteiger partial charge in [0, 0.05) is 6.54 Å². The average Bonchev–Trinajstić information content (AvgIpc) is 2.48. The van der Waals surface area contributed by atoms with Crippen LogP contribution < -0.4 is 5.32 Å². The van der Waals surface area contributed by atoms with Crippen LogP contribution in [-0.2, 0) is 13.2 Å². The third-order valence-electron chi connectivity index (χ3n) is 2.89. The molecule has 0 aliphatic heterocycles. The van der Waals surface area contributed by atoms with Crippen molar-refractivity contribution in [1.29, 1.82) is 0 Å². The Labute approximate surface area is 116 Å². The van der Waals surface area contributed by atoms with E-state index in [1.807, 2.05) is 6.07 Å². The first kappa shape index (κ1) is 13.9. The van der Waals surface area contributed by atoms with Crippen LogP contribution in [0.15, 0.2) is 42.5 Å². The number of carbonyl (C=O) groups excluding carboxylic acids is 1. The first-order valence-electron chi connectivity index (χ1n) is 6.09. The molecule has 0 spiro atoms. The standard InChI is InChI=1S/C15H15NO4/c17-9-11-4-1-3-10(7-11)8-16-15(20)12-5-2-6-13(18)14(12)19/h1-7,17-19H,8-9H2,(H,16,20). The molecule has 2 rings (SSSR count). The van der Waals surface area contributed by atoms with Crippen LogP contribution in [0.25, 0.3) is 0 Å². The van der Waals surface area contributed by atoms with Crippen molar-refractivity contribution in [2.45, 2.75) is 13.2 Å². The molecule has 0 saturated carbocycles. The Morgan fingerprint density at radius 1 is 1.05 bits per heavy atom. The number of nitrogens with one attached hydrogen (secondary N) is 1. The van der Waals surface area contributed by atoms with Gasteiger partial charge in [-0.05, 0) is 23.3 Å². The predicted octanol–water partition coefficient (Wildman–Crippen LogP) is 1.52. The van der Waals surface area contributed by atoms with E-state index in [4.69, 9.17) is 5.11 Å². The second-order valence-electron chi connectivity index (χ2n) is 4.33. The van der Waals surface area contributed by atoms with Gasteiger partial charge in [-0.2, -0.15) is 0 Å². The van der Waals surface area contributed by atoms with Gasteiger partial charge in [0.25, 0.3) is 5.91 Å². The molecule has 5 nitrogen and oxygen atoms in total. The zero-order valence-corrected chi connectivity index (χ0v) is 10.7. The highest BCUT2D eigenvalue weighted by molar-refractivity contribution is 5.97. The molecule has 4 N–H and O–H groups in total. The highest BCUT2D eigenvalue weighted by atomic mass is 16.3. The maximum atomic E-state index is 11.9. The van der Waals surface area contributed by atoms with Gasteiger partial charge >= 0.3 is 0 Å². The molecular formula is C15H15NO4. The third kappa shape index (κ3) is 3.07. The number of amides is 1. The van der Waals surface area contributed by atoms with E-state index in [2.05, 4.69) is 5.32 Å². The molecule has 0 atom stereocenters. The fraction of sp³-hybridized carbons (Fsp3) is 0.133.